The number of carboxylic acid groups (broad SMARTS) is 1. The zero-order chi connectivity index (χ0) is 8.43. The highest BCUT2D eigenvalue weighted by Crippen LogP contribution is 2.21. The summed E-state index contributed by atoms with van der Waals surface area (Å²) >= 11 is 11.1. The third-order valence-corrected chi connectivity index (χ3v) is 2.02. The summed E-state index contributed by atoms with van der Waals surface area (Å²) in [5.41, 5.74) is 0. The largest absolute Gasteiger partial charge is 0.479 e. The van der Waals surface area contributed by atoms with Crippen molar-refractivity contribution < 1.29 is 9.90 Å². The molecule has 0 spiro atoms. The third kappa shape index (κ3) is 1.67. The molecule has 1 heterocycles. The average Bonchev–Trinajstić information content (AvgIpc) is 1.94. The predicted molar refractivity (Wildman–Crippen MR) is 42.2 cm³/mol. The predicted octanol–water partition coefficient (Wildman–Crippen LogP) is 1.55. The Hall–Kier alpha value is -0.670. The molecule has 1 atom stereocenters. The van der Waals surface area contributed by atoms with Crippen LogP contribution in [0.3, 0.4) is 0 Å². The van der Waals surface area contributed by atoms with Gasteiger partial charge in [-0.2, -0.15) is 0 Å². The van der Waals surface area contributed by atoms with Crippen LogP contribution in [0.15, 0.2) is 23.4 Å². The molecule has 11 heavy (non-hydrogen) atoms. The number of halogens is 2. The molecule has 1 N–H and O–H groups in total. The molecule has 0 amide bonds. The lowest BCUT2D eigenvalue weighted by molar-refractivity contribution is -0.139. The van der Waals surface area contributed by atoms with Crippen LogP contribution < -0.4 is 0 Å². The van der Waals surface area contributed by atoms with Gasteiger partial charge < -0.3 is 5.11 Å². The van der Waals surface area contributed by atoms with Gasteiger partial charge in [0.1, 0.15) is 5.16 Å². The molecule has 0 saturated heterocycles. The molecule has 0 bridgehead atoms. The first-order valence-electron chi connectivity index (χ1n) is 2.84. The Morgan fingerprint density at radius 2 is 2.36 bits per heavy atom. The Bertz CT molecular complexity index is 237. The fourth-order valence-electron chi connectivity index (χ4n) is 0.699. The van der Waals surface area contributed by atoms with Gasteiger partial charge in [0.25, 0.3) is 0 Å². The van der Waals surface area contributed by atoms with E-state index in [1.54, 1.807) is 6.08 Å². The minimum atomic E-state index is -1.03. The van der Waals surface area contributed by atoms with Gasteiger partial charge in [-0.25, -0.2) is 4.79 Å². The first-order chi connectivity index (χ1) is 5.13. The highest BCUT2D eigenvalue weighted by atomic mass is 35.5. The fourth-order valence-corrected chi connectivity index (χ4v) is 1.08. The molecule has 1 unspecified atom stereocenters. The number of allylic oxidation sites excluding steroid dienone is 2. The topological polar surface area (TPSA) is 40.5 Å². The summed E-state index contributed by atoms with van der Waals surface area (Å²) in [5.74, 6) is -1.03. The number of nitrogens with zero attached hydrogens (tertiary/aromatic N) is 1. The summed E-state index contributed by atoms with van der Waals surface area (Å²) in [4.78, 5) is 10.4. The molecule has 0 aromatic carbocycles. The number of hydrogen-bond donors (Lipinski definition) is 1. The average molecular weight is 194 g/mol. The highest BCUT2D eigenvalue weighted by Gasteiger charge is 2.24. The van der Waals surface area contributed by atoms with Crippen molar-refractivity contribution in [1.82, 2.24) is 4.42 Å². The molecule has 0 fully saturated rings. The van der Waals surface area contributed by atoms with Crippen molar-refractivity contribution in [1.29, 1.82) is 0 Å². The summed E-state index contributed by atoms with van der Waals surface area (Å²) in [7, 11) is 0. The minimum Gasteiger partial charge on any atom is -0.479 e. The molecule has 0 saturated carbocycles. The van der Waals surface area contributed by atoms with Gasteiger partial charge in [-0.1, -0.05) is 17.7 Å². The second-order valence-corrected chi connectivity index (χ2v) is 2.72. The van der Waals surface area contributed by atoms with E-state index in [1.807, 2.05) is 0 Å². The molecule has 60 valence electrons. The van der Waals surface area contributed by atoms with Crippen molar-refractivity contribution in [3.63, 3.8) is 0 Å². The van der Waals surface area contributed by atoms with Crippen LogP contribution in [0.5, 0.6) is 0 Å². The van der Waals surface area contributed by atoms with E-state index in [9.17, 15) is 4.79 Å². The van der Waals surface area contributed by atoms with Crippen LogP contribution in [0.2, 0.25) is 0 Å². The Balaban J connectivity index is 2.81. The van der Waals surface area contributed by atoms with E-state index < -0.39 is 12.0 Å². The van der Waals surface area contributed by atoms with Crippen LogP contribution in [0.25, 0.3) is 0 Å². The van der Waals surface area contributed by atoms with Gasteiger partial charge in [0, 0.05) is 11.8 Å². The molecule has 1 aliphatic heterocycles. The van der Waals surface area contributed by atoms with Gasteiger partial charge in [-0.15, -0.1) is 0 Å². The lowest BCUT2D eigenvalue weighted by atomic mass is 10.2. The van der Waals surface area contributed by atoms with E-state index in [1.165, 1.54) is 12.2 Å². The Labute approximate surface area is 73.6 Å². The molecule has 3 nitrogen and oxygen atoms in total. The van der Waals surface area contributed by atoms with E-state index in [2.05, 4.69) is 0 Å². The Morgan fingerprint density at radius 3 is 2.82 bits per heavy atom. The number of carboxylic acids is 1. The van der Waals surface area contributed by atoms with Gasteiger partial charge in [0.2, 0.25) is 0 Å². The monoisotopic (exact) mass is 193 g/mol. The quantitative estimate of drug-likeness (QED) is 0.508. The standard InChI is InChI=1S/C6H5Cl2NO2/c7-5-3-1-2-4(6(10)11)9(5)8/h1-4H,(H,10,11). The lowest BCUT2D eigenvalue weighted by Crippen LogP contribution is -2.32. The summed E-state index contributed by atoms with van der Waals surface area (Å²) in [6, 6.07) is -0.867. The van der Waals surface area contributed by atoms with E-state index >= 15 is 0 Å². The van der Waals surface area contributed by atoms with Crippen molar-refractivity contribution in [2.45, 2.75) is 6.04 Å². The van der Waals surface area contributed by atoms with Gasteiger partial charge >= 0.3 is 5.97 Å². The lowest BCUT2D eigenvalue weighted by Gasteiger charge is -2.21. The Kier molecular flexibility index (Phi) is 2.42. The summed E-state index contributed by atoms with van der Waals surface area (Å²) < 4.78 is 0.962. The van der Waals surface area contributed by atoms with Gasteiger partial charge in [-0.05, 0) is 12.2 Å². The first kappa shape index (κ1) is 8.43. The van der Waals surface area contributed by atoms with Crippen molar-refractivity contribution >= 4 is 29.3 Å². The van der Waals surface area contributed by atoms with Crippen LogP contribution in [0.4, 0.5) is 0 Å². The first-order valence-corrected chi connectivity index (χ1v) is 3.56. The molecule has 0 aliphatic carbocycles. The molecule has 1 aliphatic rings. The van der Waals surface area contributed by atoms with Gasteiger partial charge in [-0.3, -0.25) is 4.42 Å². The molecular weight excluding hydrogens is 189 g/mol. The third-order valence-electron chi connectivity index (χ3n) is 1.23. The molecule has 0 aromatic rings. The van der Waals surface area contributed by atoms with E-state index in [4.69, 9.17) is 28.5 Å². The van der Waals surface area contributed by atoms with Crippen LogP contribution in [-0.2, 0) is 4.79 Å². The smallest absolute Gasteiger partial charge is 0.331 e. The zero-order valence-electron chi connectivity index (χ0n) is 5.37. The maximum absolute atomic E-state index is 10.4. The number of hydrogen-bond acceptors (Lipinski definition) is 2. The molecular formula is C6H5Cl2NO2. The highest BCUT2D eigenvalue weighted by molar-refractivity contribution is 6.33. The minimum absolute atomic E-state index is 0.210. The second kappa shape index (κ2) is 3.15. The van der Waals surface area contributed by atoms with Crippen molar-refractivity contribution in [3.8, 4) is 0 Å². The fraction of sp³-hybridized carbons (Fsp3) is 0.167. The number of aliphatic carboxylic acids is 1. The van der Waals surface area contributed by atoms with Crippen LogP contribution in [0, 0.1) is 0 Å². The van der Waals surface area contributed by atoms with E-state index in [-0.39, 0.29) is 5.16 Å². The van der Waals surface area contributed by atoms with E-state index in [0.717, 1.165) is 4.42 Å². The second-order valence-electron chi connectivity index (χ2n) is 1.97. The van der Waals surface area contributed by atoms with E-state index in [0.29, 0.717) is 0 Å². The molecule has 1 rings (SSSR count). The Morgan fingerprint density at radius 1 is 1.73 bits per heavy atom. The SMILES string of the molecule is O=C(O)C1C=CC=C(Cl)N1Cl. The maximum Gasteiger partial charge on any atom is 0.331 e. The van der Waals surface area contributed by atoms with Crippen molar-refractivity contribution in [3.05, 3.63) is 23.4 Å². The number of carbonyl (C=O) groups is 1. The molecule has 0 aromatic heterocycles. The number of rotatable bonds is 1. The summed E-state index contributed by atoms with van der Waals surface area (Å²) in [6.45, 7) is 0. The zero-order valence-corrected chi connectivity index (χ0v) is 6.88. The van der Waals surface area contributed by atoms with Crippen LogP contribution in [0.1, 0.15) is 0 Å². The van der Waals surface area contributed by atoms with Crippen molar-refractivity contribution in [2.75, 3.05) is 0 Å². The molecule has 0 radical (unpaired) electrons. The van der Waals surface area contributed by atoms with Crippen molar-refractivity contribution in [2.24, 2.45) is 0 Å². The van der Waals surface area contributed by atoms with Gasteiger partial charge in [0.05, 0.1) is 0 Å². The maximum atomic E-state index is 10.4. The van der Waals surface area contributed by atoms with Gasteiger partial charge in [0.15, 0.2) is 6.04 Å². The molecule has 5 heteroatoms. The van der Waals surface area contributed by atoms with Crippen LogP contribution in [-0.4, -0.2) is 21.5 Å². The summed E-state index contributed by atoms with van der Waals surface area (Å²) in [5, 5.41) is 8.77. The summed E-state index contributed by atoms with van der Waals surface area (Å²) in [6.07, 6.45) is 4.52. The van der Waals surface area contributed by atoms with Crippen LogP contribution >= 0.6 is 23.4 Å². The normalized spacial score (nSPS) is 23.3.